The van der Waals surface area contributed by atoms with E-state index >= 15 is 4.39 Å². The normalized spacial score (nSPS) is 11.4. The van der Waals surface area contributed by atoms with Gasteiger partial charge >= 0.3 is 0 Å². The number of benzene rings is 1. The van der Waals surface area contributed by atoms with Gasteiger partial charge in [0, 0.05) is 29.5 Å². The first-order chi connectivity index (χ1) is 13.7. The molecular weight excluding hydrogens is 385 g/mol. The van der Waals surface area contributed by atoms with E-state index in [2.05, 4.69) is 25.5 Å². The van der Waals surface area contributed by atoms with Crippen LogP contribution in [0.15, 0.2) is 49.3 Å². The lowest BCUT2D eigenvalue weighted by Crippen LogP contribution is -2.00. The highest BCUT2D eigenvalue weighted by atomic mass is 35.5. The van der Waals surface area contributed by atoms with Crippen LogP contribution >= 0.6 is 11.6 Å². The van der Waals surface area contributed by atoms with E-state index in [-0.39, 0.29) is 10.7 Å². The number of rotatable bonds is 4. The van der Waals surface area contributed by atoms with Crippen molar-refractivity contribution in [1.29, 1.82) is 0 Å². The Morgan fingerprint density at radius 1 is 1.21 bits per heavy atom. The molecule has 0 saturated carbocycles. The van der Waals surface area contributed by atoms with Crippen molar-refractivity contribution in [2.45, 2.75) is 0 Å². The van der Waals surface area contributed by atoms with Crippen LogP contribution in [0.5, 0.6) is 0 Å². The number of anilines is 1. The number of halogens is 2. The Morgan fingerprint density at radius 2 is 2.04 bits per heavy atom. The van der Waals surface area contributed by atoms with E-state index < -0.39 is 5.82 Å². The first kappa shape index (κ1) is 16.5. The van der Waals surface area contributed by atoms with Gasteiger partial charge in [-0.25, -0.2) is 9.37 Å². The zero-order valence-electron chi connectivity index (χ0n) is 14.1. The second-order valence-corrected chi connectivity index (χ2v) is 6.40. The maximum absolute atomic E-state index is 15.2. The molecule has 2 N–H and O–H groups in total. The van der Waals surface area contributed by atoms with Gasteiger partial charge in [0.2, 0.25) is 6.41 Å². The fourth-order valence-electron chi connectivity index (χ4n) is 3.23. The average molecular weight is 396 g/mol. The van der Waals surface area contributed by atoms with Crippen LogP contribution < -0.4 is 5.32 Å². The second-order valence-electron chi connectivity index (χ2n) is 6.03. The van der Waals surface area contributed by atoms with E-state index in [4.69, 9.17) is 11.6 Å². The van der Waals surface area contributed by atoms with Crippen LogP contribution in [0.3, 0.4) is 0 Å². The fourth-order valence-corrected chi connectivity index (χ4v) is 3.52. The maximum atomic E-state index is 15.2. The molecule has 0 saturated heterocycles. The molecule has 0 aliphatic heterocycles. The van der Waals surface area contributed by atoms with Crippen LogP contribution in [0, 0.1) is 5.82 Å². The summed E-state index contributed by atoms with van der Waals surface area (Å²) in [6.07, 6.45) is 10.4. The van der Waals surface area contributed by atoms with Crippen molar-refractivity contribution in [1.82, 2.24) is 29.1 Å². The van der Waals surface area contributed by atoms with E-state index in [1.807, 2.05) is 0 Å². The van der Waals surface area contributed by atoms with E-state index in [1.54, 1.807) is 52.1 Å². The Bertz CT molecular complexity index is 1340. The molecule has 0 spiro atoms. The van der Waals surface area contributed by atoms with Crippen LogP contribution in [0.25, 0.3) is 33.5 Å². The zero-order valence-corrected chi connectivity index (χ0v) is 14.9. The van der Waals surface area contributed by atoms with Crippen LogP contribution in [-0.4, -0.2) is 35.5 Å². The Hall–Kier alpha value is -3.72. The molecule has 0 atom stereocenters. The number of nitrogens with zero attached hydrogens (tertiary/aromatic N) is 5. The molecule has 1 amide bonds. The monoisotopic (exact) mass is 395 g/mol. The number of H-pyrrole nitrogens is 1. The van der Waals surface area contributed by atoms with Crippen LogP contribution in [0.2, 0.25) is 5.02 Å². The molecule has 0 fully saturated rings. The standard InChI is InChI=1S/C18H11ClFN7O/c19-15-14(11-7-27-8-12(22-9-28)24-13(27)6-21-11)10-5-23-25-17(10)18(16(15)20)26-3-1-2-4-26/h1-9H,(H,22,28)(H,23,25). The Balaban J connectivity index is 1.77. The molecule has 4 heterocycles. The summed E-state index contributed by atoms with van der Waals surface area (Å²) in [6.45, 7) is 0. The van der Waals surface area contributed by atoms with E-state index in [9.17, 15) is 4.79 Å². The lowest BCUT2D eigenvalue weighted by Gasteiger charge is -2.13. The summed E-state index contributed by atoms with van der Waals surface area (Å²) in [5.41, 5.74) is 2.17. The molecule has 5 aromatic rings. The van der Waals surface area contributed by atoms with Crippen molar-refractivity contribution in [2.75, 3.05) is 5.32 Å². The molecule has 138 valence electrons. The molecule has 0 unspecified atom stereocenters. The molecule has 1 aromatic carbocycles. The van der Waals surface area contributed by atoms with E-state index in [0.717, 1.165) is 0 Å². The highest BCUT2D eigenvalue weighted by Crippen LogP contribution is 2.39. The number of aromatic nitrogens is 6. The second kappa shape index (κ2) is 6.17. The molecule has 8 nitrogen and oxygen atoms in total. The van der Waals surface area contributed by atoms with Gasteiger partial charge in [-0.3, -0.25) is 14.9 Å². The van der Waals surface area contributed by atoms with Gasteiger partial charge in [0.05, 0.1) is 34.8 Å². The van der Waals surface area contributed by atoms with Crippen molar-refractivity contribution in [3.05, 3.63) is 60.2 Å². The minimum atomic E-state index is -0.583. The third-order valence-electron chi connectivity index (χ3n) is 4.43. The summed E-state index contributed by atoms with van der Waals surface area (Å²) in [6, 6.07) is 3.59. The largest absolute Gasteiger partial charge is 0.319 e. The number of hydrogen-bond acceptors (Lipinski definition) is 4. The molecular formula is C18H11ClFN7O. The number of hydrogen-bond donors (Lipinski definition) is 2. The molecule has 4 aromatic heterocycles. The first-order valence-corrected chi connectivity index (χ1v) is 8.58. The first-order valence-electron chi connectivity index (χ1n) is 8.20. The third kappa shape index (κ3) is 2.37. The van der Waals surface area contributed by atoms with Crippen molar-refractivity contribution < 1.29 is 9.18 Å². The number of carbonyl (C=O) groups is 1. The highest BCUT2D eigenvalue weighted by molar-refractivity contribution is 6.35. The van der Waals surface area contributed by atoms with Crippen molar-refractivity contribution >= 4 is 40.4 Å². The molecule has 0 radical (unpaired) electrons. The van der Waals surface area contributed by atoms with Crippen LogP contribution in [0.4, 0.5) is 10.2 Å². The topological polar surface area (TPSA) is 92.9 Å². The Morgan fingerprint density at radius 3 is 2.82 bits per heavy atom. The zero-order chi connectivity index (χ0) is 19.3. The molecule has 0 aliphatic carbocycles. The number of nitrogens with one attached hydrogen (secondary N) is 2. The predicted octanol–water partition coefficient (Wildman–Crippen LogP) is 3.42. The van der Waals surface area contributed by atoms with Gasteiger partial charge < -0.3 is 14.3 Å². The minimum absolute atomic E-state index is 0.0594. The SMILES string of the molecule is O=CNc1cn2cc(-c3c(Cl)c(F)c(-n4cccc4)c4[nH]ncc34)ncc2n1. The van der Waals surface area contributed by atoms with Crippen LogP contribution in [0.1, 0.15) is 0 Å². The highest BCUT2D eigenvalue weighted by Gasteiger charge is 2.23. The number of imidazole rings is 1. The number of carbonyl (C=O) groups excluding carboxylic acids is 1. The lowest BCUT2D eigenvalue weighted by molar-refractivity contribution is -0.105. The van der Waals surface area contributed by atoms with Crippen molar-refractivity contribution in [3.63, 3.8) is 0 Å². The van der Waals surface area contributed by atoms with Crippen molar-refractivity contribution in [3.8, 4) is 16.9 Å². The lowest BCUT2D eigenvalue weighted by atomic mass is 10.1. The van der Waals surface area contributed by atoms with Gasteiger partial charge in [-0.05, 0) is 12.1 Å². The van der Waals surface area contributed by atoms with Gasteiger partial charge in [-0.15, -0.1) is 0 Å². The minimum Gasteiger partial charge on any atom is -0.319 e. The van der Waals surface area contributed by atoms with E-state index in [0.29, 0.717) is 40.0 Å². The Labute approximate surface area is 161 Å². The maximum Gasteiger partial charge on any atom is 0.212 e. The summed E-state index contributed by atoms with van der Waals surface area (Å²) < 4.78 is 18.5. The van der Waals surface area contributed by atoms with E-state index in [1.165, 1.54) is 6.20 Å². The van der Waals surface area contributed by atoms with Gasteiger partial charge in [0.15, 0.2) is 17.3 Å². The summed E-state index contributed by atoms with van der Waals surface area (Å²) in [5, 5.41) is 9.97. The smallest absolute Gasteiger partial charge is 0.212 e. The van der Waals surface area contributed by atoms with Crippen molar-refractivity contribution in [2.24, 2.45) is 0 Å². The number of amides is 1. The Kier molecular flexibility index (Phi) is 3.63. The van der Waals surface area contributed by atoms with Gasteiger partial charge in [-0.1, -0.05) is 11.6 Å². The number of aromatic amines is 1. The molecule has 28 heavy (non-hydrogen) atoms. The average Bonchev–Trinajstić information content (AvgIpc) is 3.43. The number of fused-ring (bicyclic) bond motifs is 2. The fraction of sp³-hybridized carbons (Fsp3) is 0. The predicted molar refractivity (Wildman–Crippen MR) is 102 cm³/mol. The summed E-state index contributed by atoms with van der Waals surface area (Å²) in [5.74, 6) is -0.205. The molecule has 0 bridgehead atoms. The third-order valence-corrected chi connectivity index (χ3v) is 4.79. The summed E-state index contributed by atoms with van der Waals surface area (Å²) in [7, 11) is 0. The summed E-state index contributed by atoms with van der Waals surface area (Å²) >= 11 is 6.44. The van der Waals surface area contributed by atoms with Gasteiger partial charge in [0.25, 0.3) is 0 Å². The van der Waals surface area contributed by atoms with Gasteiger partial charge in [-0.2, -0.15) is 5.10 Å². The molecule has 5 rings (SSSR count). The van der Waals surface area contributed by atoms with Gasteiger partial charge in [0.1, 0.15) is 5.69 Å². The summed E-state index contributed by atoms with van der Waals surface area (Å²) in [4.78, 5) is 19.2. The van der Waals surface area contributed by atoms with Crippen LogP contribution in [-0.2, 0) is 4.79 Å². The molecule has 10 heteroatoms. The quantitative estimate of drug-likeness (QED) is 0.456. The molecule has 0 aliphatic rings.